The van der Waals surface area contributed by atoms with Crippen LogP contribution in [0.25, 0.3) is 0 Å². The first kappa shape index (κ1) is 15.2. The van der Waals surface area contributed by atoms with Crippen LogP contribution < -0.4 is 5.32 Å². The Balaban J connectivity index is 1.96. The first-order valence-corrected chi connectivity index (χ1v) is 7.65. The summed E-state index contributed by atoms with van der Waals surface area (Å²) in [5.41, 5.74) is 1.03. The fraction of sp³-hybridized carbons (Fsp3) is 0.733. The molecule has 5 heteroatoms. The molecule has 1 N–H and O–H groups in total. The van der Waals surface area contributed by atoms with Crippen molar-refractivity contribution < 1.29 is 0 Å². The Labute approximate surface area is 122 Å². The maximum Gasteiger partial charge on any atom is 0.144 e. The van der Waals surface area contributed by atoms with Gasteiger partial charge in [-0.1, -0.05) is 13.8 Å². The van der Waals surface area contributed by atoms with Gasteiger partial charge in [0.2, 0.25) is 0 Å². The predicted octanol–water partition coefficient (Wildman–Crippen LogP) is 1.74. The minimum atomic E-state index is 0.693. The number of aromatic nitrogens is 2. The van der Waals surface area contributed by atoms with Gasteiger partial charge in [0.15, 0.2) is 0 Å². The van der Waals surface area contributed by atoms with Crippen LogP contribution in [-0.4, -0.2) is 59.0 Å². The predicted molar refractivity (Wildman–Crippen MR) is 82.9 cm³/mol. The van der Waals surface area contributed by atoms with Gasteiger partial charge < -0.3 is 5.32 Å². The monoisotopic (exact) mass is 277 g/mol. The molecule has 112 valence electrons. The number of nitrogens with zero attached hydrogens (tertiary/aromatic N) is 4. The standard InChI is InChI=1S/C15H27N5/c1-5-20(6-2)13-7-8-19(10-13)11-15-17-12(3)9-14(16-4)18-15/h9,13H,5-8,10-11H2,1-4H3,(H,16,17,18). The maximum atomic E-state index is 4.55. The highest BCUT2D eigenvalue weighted by atomic mass is 15.3. The Bertz CT molecular complexity index is 430. The number of nitrogens with one attached hydrogen (secondary N) is 1. The largest absolute Gasteiger partial charge is 0.373 e. The number of likely N-dealkylation sites (N-methyl/N-ethyl adjacent to an activating group) is 1. The highest BCUT2D eigenvalue weighted by molar-refractivity contribution is 5.34. The minimum absolute atomic E-state index is 0.693. The summed E-state index contributed by atoms with van der Waals surface area (Å²) >= 11 is 0. The SMILES string of the molecule is CCN(CC)C1CCN(Cc2nc(C)cc(NC)n2)C1. The fourth-order valence-corrected chi connectivity index (χ4v) is 3.02. The van der Waals surface area contributed by atoms with E-state index in [1.54, 1.807) is 0 Å². The van der Waals surface area contributed by atoms with Gasteiger partial charge in [-0.2, -0.15) is 0 Å². The molecule has 1 atom stereocenters. The molecule has 0 aliphatic carbocycles. The summed E-state index contributed by atoms with van der Waals surface area (Å²) in [4.78, 5) is 14.1. The quantitative estimate of drug-likeness (QED) is 0.858. The van der Waals surface area contributed by atoms with E-state index >= 15 is 0 Å². The summed E-state index contributed by atoms with van der Waals surface area (Å²) in [7, 11) is 1.90. The molecule has 0 saturated carbocycles. The van der Waals surface area contributed by atoms with Gasteiger partial charge in [0.1, 0.15) is 11.6 Å². The summed E-state index contributed by atoms with van der Waals surface area (Å²) in [6, 6.07) is 2.67. The molecule has 2 rings (SSSR count). The molecule has 0 amide bonds. The van der Waals surface area contributed by atoms with Crippen molar-refractivity contribution in [1.29, 1.82) is 0 Å². The van der Waals surface area contributed by atoms with Gasteiger partial charge in [-0.25, -0.2) is 9.97 Å². The first-order chi connectivity index (χ1) is 9.66. The molecule has 1 saturated heterocycles. The van der Waals surface area contributed by atoms with E-state index in [-0.39, 0.29) is 0 Å². The number of rotatable bonds is 6. The second-order valence-corrected chi connectivity index (χ2v) is 5.46. The third kappa shape index (κ3) is 3.67. The van der Waals surface area contributed by atoms with Crippen LogP contribution in [0, 0.1) is 6.92 Å². The van der Waals surface area contributed by atoms with Crippen LogP contribution in [0.15, 0.2) is 6.07 Å². The number of aryl methyl sites for hydroxylation is 1. The average molecular weight is 277 g/mol. The normalized spacial score (nSPS) is 19.8. The highest BCUT2D eigenvalue weighted by Gasteiger charge is 2.26. The van der Waals surface area contributed by atoms with Crippen LogP contribution in [0.5, 0.6) is 0 Å². The molecule has 1 aliphatic rings. The van der Waals surface area contributed by atoms with Crippen molar-refractivity contribution in [2.24, 2.45) is 0 Å². The van der Waals surface area contributed by atoms with E-state index in [1.165, 1.54) is 6.42 Å². The fourth-order valence-electron chi connectivity index (χ4n) is 3.02. The third-order valence-corrected chi connectivity index (χ3v) is 4.10. The third-order valence-electron chi connectivity index (χ3n) is 4.10. The molecule has 1 fully saturated rings. The smallest absolute Gasteiger partial charge is 0.144 e. The van der Waals surface area contributed by atoms with Crippen LogP contribution in [0.4, 0.5) is 5.82 Å². The Kier molecular flexibility index (Phi) is 5.31. The first-order valence-electron chi connectivity index (χ1n) is 7.65. The molecule has 0 spiro atoms. The zero-order valence-electron chi connectivity index (χ0n) is 13.2. The molecule has 0 bridgehead atoms. The topological polar surface area (TPSA) is 44.3 Å². The average Bonchev–Trinajstić information content (AvgIpc) is 2.88. The summed E-state index contributed by atoms with van der Waals surface area (Å²) in [6.45, 7) is 11.9. The van der Waals surface area contributed by atoms with Gasteiger partial charge in [0.25, 0.3) is 0 Å². The molecule has 1 unspecified atom stereocenters. The van der Waals surface area contributed by atoms with Crippen molar-refractivity contribution in [3.8, 4) is 0 Å². The molecule has 1 aliphatic heterocycles. The van der Waals surface area contributed by atoms with E-state index in [0.717, 1.165) is 50.1 Å². The van der Waals surface area contributed by atoms with Crippen molar-refractivity contribution in [3.63, 3.8) is 0 Å². The molecule has 0 aromatic carbocycles. The molecule has 2 heterocycles. The van der Waals surface area contributed by atoms with Gasteiger partial charge in [-0.05, 0) is 26.4 Å². The van der Waals surface area contributed by atoms with Crippen molar-refractivity contribution in [2.45, 2.75) is 39.8 Å². The van der Waals surface area contributed by atoms with E-state index in [4.69, 9.17) is 0 Å². The van der Waals surface area contributed by atoms with Crippen molar-refractivity contribution in [2.75, 3.05) is 38.5 Å². The molecular weight excluding hydrogens is 250 g/mol. The zero-order valence-corrected chi connectivity index (χ0v) is 13.2. The van der Waals surface area contributed by atoms with Crippen LogP contribution in [0.2, 0.25) is 0 Å². The minimum Gasteiger partial charge on any atom is -0.373 e. The van der Waals surface area contributed by atoms with Gasteiger partial charge in [0.05, 0.1) is 6.54 Å². The second-order valence-electron chi connectivity index (χ2n) is 5.46. The molecule has 5 nitrogen and oxygen atoms in total. The number of hydrogen-bond donors (Lipinski definition) is 1. The molecule has 0 radical (unpaired) electrons. The maximum absolute atomic E-state index is 4.55. The van der Waals surface area contributed by atoms with Crippen LogP contribution >= 0.6 is 0 Å². The highest BCUT2D eigenvalue weighted by Crippen LogP contribution is 2.17. The summed E-state index contributed by atoms with van der Waals surface area (Å²) < 4.78 is 0. The van der Waals surface area contributed by atoms with E-state index in [2.05, 4.69) is 38.9 Å². The lowest BCUT2D eigenvalue weighted by atomic mass is 10.2. The summed E-state index contributed by atoms with van der Waals surface area (Å²) in [5, 5.41) is 3.10. The van der Waals surface area contributed by atoms with Crippen molar-refractivity contribution in [1.82, 2.24) is 19.8 Å². The number of hydrogen-bond acceptors (Lipinski definition) is 5. The van der Waals surface area contributed by atoms with Gasteiger partial charge in [-0.3, -0.25) is 9.80 Å². The van der Waals surface area contributed by atoms with Gasteiger partial charge in [0, 0.05) is 37.9 Å². The second kappa shape index (κ2) is 6.99. The Morgan fingerprint density at radius 3 is 2.75 bits per heavy atom. The van der Waals surface area contributed by atoms with E-state index in [0.29, 0.717) is 6.04 Å². The lowest BCUT2D eigenvalue weighted by molar-refractivity contribution is 0.208. The van der Waals surface area contributed by atoms with Gasteiger partial charge >= 0.3 is 0 Å². The molecular formula is C15H27N5. The van der Waals surface area contributed by atoms with Crippen molar-refractivity contribution in [3.05, 3.63) is 17.6 Å². The molecule has 1 aromatic heterocycles. The summed E-state index contributed by atoms with van der Waals surface area (Å²) in [5.74, 6) is 1.83. The van der Waals surface area contributed by atoms with Crippen LogP contribution in [0.3, 0.4) is 0 Å². The van der Waals surface area contributed by atoms with Crippen LogP contribution in [0.1, 0.15) is 31.8 Å². The van der Waals surface area contributed by atoms with Crippen LogP contribution in [-0.2, 0) is 6.54 Å². The lowest BCUT2D eigenvalue weighted by Gasteiger charge is -2.26. The Morgan fingerprint density at radius 1 is 1.35 bits per heavy atom. The van der Waals surface area contributed by atoms with E-state index in [9.17, 15) is 0 Å². The Morgan fingerprint density at radius 2 is 2.10 bits per heavy atom. The lowest BCUT2D eigenvalue weighted by Crippen LogP contribution is -2.37. The summed E-state index contributed by atoms with van der Waals surface area (Å²) in [6.07, 6.45) is 1.26. The molecule has 1 aromatic rings. The van der Waals surface area contributed by atoms with E-state index < -0.39 is 0 Å². The van der Waals surface area contributed by atoms with E-state index in [1.807, 2.05) is 20.0 Å². The number of likely N-dealkylation sites (tertiary alicyclic amines) is 1. The zero-order chi connectivity index (χ0) is 14.5. The Hall–Kier alpha value is -1.20. The van der Waals surface area contributed by atoms with Gasteiger partial charge in [-0.15, -0.1) is 0 Å². The molecule has 20 heavy (non-hydrogen) atoms. The van der Waals surface area contributed by atoms with Crippen molar-refractivity contribution >= 4 is 5.82 Å². The number of anilines is 1.